The Kier molecular flexibility index (Phi) is 4.67. The maximum atomic E-state index is 12.6. The van der Waals surface area contributed by atoms with E-state index in [0.29, 0.717) is 36.9 Å². The molecule has 1 saturated heterocycles. The molecule has 20 heavy (non-hydrogen) atoms. The van der Waals surface area contributed by atoms with Crippen LogP contribution in [0.25, 0.3) is 0 Å². The van der Waals surface area contributed by atoms with E-state index in [4.69, 9.17) is 10.5 Å². The van der Waals surface area contributed by atoms with Gasteiger partial charge in [-0.05, 0) is 49.9 Å². The maximum Gasteiger partial charge on any atom is 0.243 e. The molecule has 0 spiro atoms. The standard InChI is InChI=1S/C14H22N2O3S/c1-11-10-14(12(2)9-13(11)19-8-5-15)20(17,18)16-6-3-4-7-16/h9-10H,3-8,15H2,1-2H3. The summed E-state index contributed by atoms with van der Waals surface area (Å²) in [4.78, 5) is 0.386. The van der Waals surface area contributed by atoms with Gasteiger partial charge in [-0.15, -0.1) is 0 Å². The first kappa shape index (κ1) is 15.3. The van der Waals surface area contributed by atoms with Crippen LogP contribution in [0.15, 0.2) is 17.0 Å². The highest BCUT2D eigenvalue weighted by Gasteiger charge is 2.29. The van der Waals surface area contributed by atoms with E-state index in [1.165, 1.54) is 0 Å². The van der Waals surface area contributed by atoms with Gasteiger partial charge in [-0.25, -0.2) is 8.42 Å². The van der Waals surface area contributed by atoms with Crippen LogP contribution >= 0.6 is 0 Å². The third-order valence-corrected chi connectivity index (χ3v) is 5.57. The van der Waals surface area contributed by atoms with Crippen LogP contribution in [0, 0.1) is 13.8 Å². The van der Waals surface area contributed by atoms with E-state index < -0.39 is 10.0 Å². The Bertz CT molecular complexity index is 578. The summed E-state index contributed by atoms with van der Waals surface area (Å²) in [5.41, 5.74) is 6.96. The third-order valence-electron chi connectivity index (χ3n) is 3.53. The molecule has 1 aliphatic heterocycles. The number of rotatable bonds is 5. The molecule has 6 heteroatoms. The number of nitrogens with two attached hydrogens (primary N) is 1. The summed E-state index contributed by atoms with van der Waals surface area (Å²) in [6.07, 6.45) is 1.88. The molecule has 0 aromatic heterocycles. The van der Waals surface area contributed by atoms with Crippen molar-refractivity contribution in [3.63, 3.8) is 0 Å². The molecular formula is C14H22N2O3S. The largest absolute Gasteiger partial charge is 0.492 e. The van der Waals surface area contributed by atoms with Gasteiger partial charge in [0.1, 0.15) is 12.4 Å². The van der Waals surface area contributed by atoms with Crippen molar-refractivity contribution in [3.05, 3.63) is 23.3 Å². The van der Waals surface area contributed by atoms with Crippen LogP contribution in [0.4, 0.5) is 0 Å². The smallest absolute Gasteiger partial charge is 0.243 e. The Hall–Kier alpha value is -1.11. The van der Waals surface area contributed by atoms with Gasteiger partial charge in [0.05, 0.1) is 4.90 Å². The summed E-state index contributed by atoms with van der Waals surface area (Å²) < 4.78 is 32.3. The van der Waals surface area contributed by atoms with Crippen LogP contribution in [0.3, 0.4) is 0 Å². The van der Waals surface area contributed by atoms with Crippen molar-refractivity contribution >= 4 is 10.0 Å². The van der Waals surface area contributed by atoms with Gasteiger partial charge in [-0.3, -0.25) is 0 Å². The Morgan fingerprint density at radius 3 is 2.45 bits per heavy atom. The Morgan fingerprint density at radius 1 is 1.20 bits per heavy atom. The van der Waals surface area contributed by atoms with Crippen LogP contribution in [0.5, 0.6) is 5.75 Å². The zero-order valence-electron chi connectivity index (χ0n) is 12.1. The van der Waals surface area contributed by atoms with Crippen molar-refractivity contribution in [2.24, 2.45) is 5.73 Å². The first-order chi connectivity index (χ1) is 9.46. The van der Waals surface area contributed by atoms with E-state index in [1.807, 2.05) is 6.92 Å². The summed E-state index contributed by atoms with van der Waals surface area (Å²) in [6.45, 7) is 5.76. The van der Waals surface area contributed by atoms with Gasteiger partial charge >= 0.3 is 0 Å². The third kappa shape index (κ3) is 2.97. The number of hydrogen-bond donors (Lipinski definition) is 1. The van der Waals surface area contributed by atoms with Gasteiger partial charge in [0.15, 0.2) is 0 Å². The minimum absolute atomic E-state index is 0.386. The van der Waals surface area contributed by atoms with Crippen LogP contribution in [0.1, 0.15) is 24.0 Å². The molecule has 5 nitrogen and oxygen atoms in total. The fourth-order valence-corrected chi connectivity index (χ4v) is 4.24. The van der Waals surface area contributed by atoms with Gasteiger partial charge in [-0.2, -0.15) is 4.31 Å². The van der Waals surface area contributed by atoms with Crippen molar-refractivity contribution in [2.75, 3.05) is 26.2 Å². The molecule has 1 fully saturated rings. The molecule has 2 N–H and O–H groups in total. The molecule has 0 amide bonds. The predicted octanol–water partition coefficient (Wildman–Crippen LogP) is 1.43. The Balaban J connectivity index is 2.35. The average molecular weight is 298 g/mol. The van der Waals surface area contributed by atoms with E-state index in [-0.39, 0.29) is 0 Å². The summed E-state index contributed by atoms with van der Waals surface area (Å²) in [7, 11) is -3.38. The second kappa shape index (κ2) is 6.11. The summed E-state index contributed by atoms with van der Waals surface area (Å²) in [6, 6.07) is 3.49. The van der Waals surface area contributed by atoms with Crippen LogP contribution in [-0.2, 0) is 10.0 Å². The zero-order valence-corrected chi connectivity index (χ0v) is 12.9. The fraction of sp³-hybridized carbons (Fsp3) is 0.571. The molecule has 2 rings (SSSR count). The normalized spacial score (nSPS) is 16.6. The second-order valence-corrected chi connectivity index (χ2v) is 7.04. The summed E-state index contributed by atoms with van der Waals surface area (Å²) >= 11 is 0. The van der Waals surface area contributed by atoms with E-state index >= 15 is 0 Å². The number of ether oxygens (including phenoxy) is 1. The van der Waals surface area contributed by atoms with E-state index in [9.17, 15) is 8.42 Å². The lowest BCUT2D eigenvalue weighted by atomic mass is 10.1. The van der Waals surface area contributed by atoms with E-state index in [0.717, 1.165) is 24.0 Å². The van der Waals surface area contributed by atoms with Crippen molar-refractivity contribution in [1.82, 2.24) is 4.31 Å². The first-order valence-electron chi connectivity index (χ1n) is 6.91. The Morgan fingerprint density at radius 2 is 1.85 bits per heavy atom. The highest BCUT2D eigenvalue weighted by molar-refractivity contribution is 7.89. The molecule has 0 bridgehead atoms. The van der Waals surface area contributed by atoms with Crippen LogP contribution < -0.4 is 10.5 Å². The SMILES string of the molecule is Cc1cc(S(=O)(=O)N2CCCC2)c(C)cc1OCCN. The average Bonchev–Trinajstić information content (AvgIpc) is 2.93. The molecular weight excluding hydrogens is 276 g/mol. The maximum absolute atomic E-state index is 12.6. The highest BCUT2D eigenvalue weighted by atomic mass is 32.2. The quantitative estimate of drug-likeness (QED) is 0.892. The van der Waals surface area contributed by atoms with Gasteiger partial charge in [0.25, 0.3) is 0 Å². The lowest BCUT2D eigenvalue weighted by Gasteiger charge is -2.19. The zero-order chi connectivity index (χ0) is 14.8. The van der Waals surface area contributed by atoms with Gasteiger partial charge in [0.2, 0.25) is 10.0 Å². The molecule has 1 aromatic rings. The molecule has 112 valence electrons. The highest BCUT2D eigenvalue weighted by Crippen LogP contribution is 2.29. The Labute approximate surface area is 120 Å². The monoisotopic (exact) mass is 298 g/mol. The molecule has 0 atom stereocenters. The molecule has 1 heterocycles. The van der Waals surface area contributed by atoms with E-state index in [2.05, 4.69) is 0 Å². The predicted molar refractivity (Wildman–Crippen MR) is 78.5 cm³/mol. The summed E-state index contributed by atoms with van der Waals surface area (Å²) in [5.74, 6) is 0.702. The molecule has 0 aliphatic carbocycles. The minimum atomic E-state index is -3.38. The molecule has 1 aliphatic rings. The molecule has 1 aromatic carbocycles. The van der Waals surface area contributed by atoms with Gasteiger partial charge in [0, 0.05) is 19.6 Å². The molecule has 0 saturated carbocycles. The van der Waals surface area contributed by atoms with Crippen molar-refractivity contribution < 1.29 is 13.2 Å². The van der Waals surface area contributed by atoms with Crippen molar-refractivity contribution in [2.45, 2.75) is 31.6 Å². The van der Waals surface area contributed by atoms with E-state index in [1.54, 1.807) is 23.4 Å². The number of nitrogens with zero attached hydrogens (tertiary/aromatic N) is 1. The molecule has 0 radical (unpaired) electrons. The lowest BCUT2D eigenvalue weighted by molar-refractivity contribution is 0.325. The number of sulfonamides is 1. The molecule has 0 unspecified atom stereocenters. The van der Waals surface area contributed by atoms with Crippen LogP contribution in [0.2, 0.25) is 0 Å². The van der Waals surface area contributed by atoms with Crippen molar-refractivity contribution in [1.29, 1.82) is 0 Å². The minimum Gasteiger partial charge on any atom is -0.492 e. The number of aryl methyl sites for hydroxylation is 2. The topological polar surface area (TPSA) is 72.6 Å². The van der Waals surface area contributed by atoms with Crippen molar-refractivity contribution in [3.8, 4) is 5.75 Å². The number of benzene rings is 1. The fourth-order valence-electron chi connectivity index (χ4n) is 2.43. The summed E-state index contributed by atoms with van der Waals surface area (Å²) in [5, 5.41) is 0. The van der Waals surface area contributed by atoms with Gasteiger partial charge < -0.3 is 10.5 Å². The van der Waals surface area contributed by atoms with Gasteiger partial charge in [-0.1, -0.05) is 0 Å². The second-order valence-electron chi connectivity index (χ2n) is 5.13. The first-order valence-corrected chi connectivity index (χ1v) is 8.35. The van der Waals surface area contributed by atoms with Crippen LogP contribution in [-0.4, -0.2) is 39.0 Å². The lowest BCUT2D eigenvalue weighted by Crippen LogP contribution is -2.28. The number of hydrogen-bond acceptors (Lipinski definition) is 4.